The SMILES string of the molecule is Cc1cc(C23CC4CC(CC(C4)C2)C3)ccc1OCCC(=O)C1CNCC[N+]1(C)C. The van der Waals surface area contributed by atoms with Crippen LogP contribution in [0.1, 0.15) is 56.1 Å². The number of nitrogens with one attached hydrogen (secondary N) is 1. The van der Waals surface area contributed by atoms with Gasteiger partial charge in [0.05, 0.1) is 33.8 Å². The molecule has 4 nitrogen and oxygen atoms in total. The Labute approximate surface area is 182 Å². The van der Waals surface area contributed by atoms with Gasteiger partial charge in [0, 0.05) is 13.0 Å². The van der Waals surface area contributed by atoms with Gasteiger partial charge in [-0.1, -0.05) is 12.1 Å². The van der Waals surface area contributed by atoms with Crippen molar-refractivity contribution in [3.8, 4) is 5.75 Å². The number of hydrogen-bond acceptors (Lipinski definition) is 3. The highest BCUT2D eigenvalue weighted by molar-refractivity contribution is 5.83. The fraction of sp³-hybridized carbons (Fsp3) is 0.731. The number of aryl methyl sites for hydroxylation is 1. The monoisotopic (exact) mass is 411 g/mol. The lowest BCUT2D eigenvalue weighted by Gasteiger charge is -2.57. The lowest BCUT2D eigenvalue weighted by molar-refractivity contribution is -0.907. The fourth-order valence-electron chi connectivity index (χ4n) is 7.55. The molecule has 164 valence electrons. The van der Waals surface area contributed by atoms with E-state index in [9.17, 15) is 4.79 Å². The van der Waals surface area contributed by atoms with Crippen molar-refractivity contribution >= 4 is 5.78 Å². The molecule has 1 aromatic rings. The first-order valence-corrected chi connectivity index (χ1v) is 12.1. The molecule has 1 unspecified atom stereocenters. The largest absolute Gasteiger partial charge is 0.493 e. The Kier molecular flexibility index (Phi) is 5.22. The van der Waals surface area contributed by atoms with E-state index in [2.05, 4.69) is 44.5 Å². The van der Waals surface area contributed by atoms with E-state index in [0.29, 0.717) is 24.2 Å². The molecule has 4 saturated carbocycles. The van der Waals surface area contributed by atoms with Gasteiger partial charge < -0.3 is 14.5 Å². The summed E-state index contributed by atoms with van der Waals surface area (Å²) in [5.74, 6) is 4.17. The van der Waals surface area contributed by atoms with Crippen LogP contribution in [0, 0.1) is 24.7 Å². The van der Waals surface area contributed by atoms with E-state index in [0.717, 1.165) is 47.6 Å². The van der Waals surface area contributed by atoms with E-state index >= 15 is 0 Å². The Morgan fingerprint density at radius 2 is 1.80 bits per heavy atom. The van der Waals surface area contributed by atoms with Crippen LogP contribution in [0.25, 0.3) is 0 Å². The molecule has 30 heavy (non-hydrogen) atoms. The lowest BCUT2D eigenvalue weighted by Crippen LogP contribution is -2.63. The van der Waals surface area contributed by atoms with Crippen molar-refractivity contribution < 1.29 is 14.0 Å². The van der Waals surface area contributed by atoms with Crippen molar-refractivity contribution in [1.82, 2.24) is 5.32 Å². The minimum atomic E-state index is 0.0434. The van der Waals surface area contributed by atoms with Crippen molar-refractivity contribution in [1.29, 1.82) is 0 Å². The van der Waals surface area contributed by atoms with E-state index in [-0.39, 0.29) is 6.04 Å². The fourth-order valence-corrected chi connectivity index (χ4v) is 7.55. The van der Waals surface area contributed by atoms with Gasteiger partial charge in [-0.25, -0.2) is 0 Å². The summed E-state index contributed by atoms with van der Waals surface area (Å²) in [6.45, 7) is 5.43. The summed E-state index contributed by atoms with van der Waals surface area (Å²) in [5, 5.41) is 3.37. The molecule has 1 saturated heterocycles. The Hall–Kier alpha value is -1.39. The Bertz CT molecular complexity index is 780. The molecule has 0 aromatic heterocycles. The molecule has 1 N–H and O–H groups in total. The van der Waals surface area contributed by atoms with Crippen LogP contribution >= 0.6 is 0 Å². The first-order chi connectivity index (χ1) is 14.3. The summed E-state index contributed by atoms with van der Waals surface area (Å²) < 4.78 is 6.87. The molecule has 4 heteroatoms. The summed E-state index contributed by atoms with van der Waals surface area (Å²) in [6.07, 6.45) is 9.15. The standard InChI is InChI=1S/C26H39N2O2/c1-18-10-22(26-14-19-11-20(15-26)13-21(12-19)16-26)4-5-25(18)30-9-6-24(29)23-17-27-7-8-28(23,2)3/h4-5,10,19-21,23,27H,6-9,11-17H2,1-3H3/q+1. The first-order valence-electron chi connectivity index (χ1n) is 12.1. The number of nitrogens with zero attached hydrogens (tertiary/aromatic N) is 1. The van der Waals surface area contributed by atoms with Gasteiger partial charge in [0.15, 0.2) is 11.8 Å². The number of Topliss-reactive ketones (excluding diaryl/α,β-unsaturated/α-hetero) is 1. The molecule has 1 aromatic carbocycles. The number of carbonyl (C=O) groups excluding carboxylic acids is 1. The van der Waals surface area contributed by atoms with Gasteiger partial charge in [-0.15, -0.1) is 0 Å². The second-order valence-corrected chi connectivity index (χ2v) is 11.5. The average molecular weight is 412 g/mol. The number of rotatable bonds is 6. The van der Waals surface area contributed by atoms with Gasteiger partial charge in [0.2, 0.25) is 0 Å². The predicted octanol–water partition coefficient (Wildman–Crippen LogP) is 3.85. The normalized spacial score (nSPS) is 36.6. The van der Waals surface area contributed by atoms with Crippen LogP contribution in [0.2, 0.25) is 0 Å². The van der Waals surface area contributed by atoms with Crippen molar-refractivity contribution in [3.05, 3.63) is 29.3 Å². The maximum absolute atomic E-state index is 12.8. The molecule has 4 aliphatic carbocycles. The van der Waals surface area contributed by atoms with Gasteiger partial charge in [0.1, 0.15) is 5.75 Å². The lowest BCUT2D eigenvalue weighted by atomic mass is 9.48. The van der Waals surface area contributed by atoms with Crippen LogP contribution in [-0.2, 0) is 10.2 Å². The van der Waals surface area contributed by atoms with E-state index in [1.807, 2.05) is 0 Å². The van der Waals surface area contributed by atoms with Gasteiger partial charge >= 0.3 is 0 Å². The van der Waals surface area contributed by atoms with Crippen LogP contribution in [0.5, 0.6) is 5.75 Å². The number of quaternary nitrogens is 1. The Morgan fingerprint density at radius 3 is 2.40 bits per heavy atom. The minimum absolute atomic E-state index is 0.0434. The van der Waals surface area contributed by atoms with Crippen LogP contribution < -0.4 is 10.1 Å². The summed E-state index contributed by atoms with van der Waals surface area (Å²) in [4.78, 5) is 12.8. The van der Waals surface area contributed by atoms with Crippen molar-refractivity contribution in [2.24, 2.45) is 17.8 Å². The highest BCUT2D eigenvalue weighted by atomic mass is 16.5. The Morgan fingerprint density at radius 1 is 1.13 bits per heavy atom. The minimum Gasteiger partial charge on any atom is -0.493 e. The third-order valence-electron chi connectivity index (χ3n) is 8.85. The molecule has 4 bridgehead atoms. The van der Waals surface area contributed by atoms with Gasteiger partial charge in [0.25, 0.3) is 0 Å². The first kappa shape index (κ1) is 20.5. The topological polar surface area (TPSA) is 38.3 Å². The molecule has 0 spiro atoms. The van der Waals surface area contributed by atoms with E-state index < -0.39 is 0 Å². The van der Waals surface area contributed by atoms with E-state index in [4.69, 9.17) is 4.74 Å². The Balaban J connectivity index is 1.21. The number of carbonyl (C=O) groups is 1. The van der Waals surface area contributed by atoms with Gasteiger partial charge in [-0.3, -0.25) is 4.79 Å². The van der Waals surface area contributed by atoms with Crippen molar-refractivity contribution in [2.75, 3.05) is 40.3 Å². The van der Waals surface area contributed by atoms with Gasteiger partial charge in [-0.05, 0) is 85.8 Å². The molecular formula is C26H39N2O2+. The molecule has 1 atom stereocenters. The second-order valence-electron chi connectivity index (χ2n) is 11.5. The zero-order valence-electron chi connectivity index (χ0n) is 19.1. The highest BCUT2D eigenvalue weighted by Crippen LogP contribution is 2.60. The molecule has 0 radical (unpaired) electrons. The smallest absolute Gasteiger partial charge is 0.194 e. The summed E-state index contributed by atoms with van der Waals surface area (Å²) in [7, 11) is 4.33. The number of hydrogen-bond donors (Lipinski definition) is 1. The summed E-state index contributed by atoms with van der Waals surface area (Å²) in [5.41, 5.74) is 3.21. The summed E-state index contributed by atoms with van der Waals surface area (Å²) in [6, 6.07) is 6.95. The summed E-state index contributed by atoms with van der Waals surface area (Å²) >= 11 is 0. The molecular weight excluding hydrogens is 372 g/mol. The van der Waals surface area contributed by atoms with Crippen LogP contribution in [0.4, 0.5) is 0 Å². The zero-order valence-corrected chi connectivity index (χ0v) is 19.1. The third kappa shape index (κ3) is 3.71. The molecule has 6 rings (SSSR count). The van der Waals surface area contributed by atoms with Crippen molar-refractivity contribution in [3.63, 3.8) is 0 Å². The molecule has 0 amide bonds. The number of piperazine rings is 1. The van der Waals surface area contributed by atoms with E-state index in [1.165, 1.54) is 44.1 Å². The van der Waals surface area contributed by atoms with Crippen LogP contribution in [-0.4, -0.2) is 56.6 Å². The van der Waals surface area contributed by atoms with Gasteiger partial charge in [-0.2, -0.15) is 0 Å². The second kappa shape index (κ2) is 7.63. The van der Waals surface area contributed by atoms with Crippen molar-refractivity contribution in [2.45, 2.75) is 63.3 Å². The number of likely N-dealkylation sites (N-methyl/N-ethyl adjacent to an activating group) is 1. The number of ether oxygens (including phenoxy) is 1. The van der Waals surface area contributed by atoms with E-state index in [1.54, 1.807) is 5.56 Å². The molecule has 5 fully saturated rings. The highest BCUT2D eigenvalue weighted by Gasteiger charge is 2.51. The maximum Gasteiger partial charge on any atom is 0.194 e. The van der Waals surface area contributed by atoms with Crippen LogP contribution in [0.3, 0.4) is 0 Å². The predicted molar refractivity (Wildman–Crippen MR) is 120 cm³/mol. The molecule has 5 aliphatic rings. The zero-order chi connectivity index (χ0) is 20.9. The molecule has 1 aliphatic heterocycles. The third-order valence-corrected chi connectivity index (χ3v) is 8.85. The van der Waals surface area contributed by atoms with Crippen LogP contribution in [0.15, 0.2) is 18.2 Å². The maximum atomic E-state index is 12.8. The average Bonchev–Trinajstić information content (AvgIpc) is 2.67. The number of ketones is 1. The quantitative estimate of drug-likeness (QED) is 0.723. The number of benzene rings is 1. The molecule has 1 heterocycles.